The van der Waals surface area contributed by atoms with Crippen LogP contribution in [0, 0.1) is 0 Å². The summed E-state index contributed by atoms with van der Waals surface area (Å²) < 4.78 is 0. The predicted molar refractivity (Wildman–Crippen MR) is 60.0 cm³/mol. The van der Waals surface area contributed by atoms with E-state index in [1.54, 1.807) is 31.3 Å². The van der Waals surface area contributed by atoms with Gasteiger partial charge in [0, 0.05) is 12.1 Å². The van der Waals surface area contributed by atoms with Gasteiger partial charge in [-0.15, -0.1) is 0 Å². The monoisotopic (exact) mass is 238 g/mol. The molecule has 0 spiro atoms. The van der Waals surface area contributed by atoms with Crippen LogP contribution < -0.4 is 5.32 Å². The number of carbonyl (C=O) groups is 2. The van der Waals surface area contributed by atoms with E-state index in [-0.39, 0.29) is 18.4 Å². The predicted octanol–water partition coefficient (Wildman–Crippen LogP) is 0.969. The van der Waals surface area contributed by atoms with Crippen molar-refractivity contribution in [1.82, 2.24) is 10.2 Å². The zero-order valence-electron chi connectivity index (χ0n) is 8.74. The molecular weight excluding hydrogens is 228 g/mol. The SMILES string of the molecule is CN1CC(=O)N[C@@H](c2cccc(Cl)c2)C1=O. The minimum absolute atomic E-state index is 0.107. The minimum Gasteiger partial charge on any atom is -0.339 e. The minimum atomic E-state index is -0.620. The molecule has 1 atom stereocenters. The molecule has 0 aromatic heterocycles. The first-order valence-corrected chi connectivity index (χ1v) is 5.25. The lowest BCUT2D eigenvalue weighted by molar-refractivity contribution is -0.143. The summed E-state index contributed by atoms with van der Waals surface area (Å²) in [5.74, 6) is -0.283. The van der Waals surface area contributed by atoms with Crippen molar-refractivity contribution in [1.29, 1.82) is 0 Å². The van der Waals surface area contributed by atoms with Crippen molar-refractivity contribution < 1.29 is 9.59 Å². The highest BCUT2D eigenvalue weighted by atomic mass is 35.5. The normalized spacial score (nSPS) is 20.9. The Morgan fingerprint density at radius 3 is 2.88 bits per heavy atom. The Morgan fingerprint density at radius 1 is 1.44 bits per heavy atom. The third-order valence-electron chi connectivity index (χ3n) is 2.49. The number of likely N-dealkylation sites (N-methyl/N-ethyl adjacent to an activating group) is 1. The summed E-state index contributed by atoms with van der Waals surface area (Å²) >= 11 is 5.85. The number of hydrogen-bond donors (Lipinski definition) is 1. The molecule has 2 rings (SSSR count). The Morgan fingerprint density at radius 2 is 2.19 bits per heavy atom. The lowest BCUT2D eigenvalue weighted by atomic mass is 10.0. The molecule has 1 heterocycles. The molecule has 0 radical (unpaired) electrons. The Hall–Kier alpha value is -1.55. The Labute approximate surface area is 98.2 Å². The highest BCUT2D eigenvalue weighted by molar-refractivity contribution is 6.30. The number of carbonyl (C=O) groups excluding carboxylic acids is 2. The van der Waals surface area contributed by atoms with Gasteiger partial charge in [-0.2, -0.15) is 0 Å². The lowest BCUT2D eigenvalue weighted by Crippen LogP contribution is -2.51. The average Bonchev–Trinajstić information content (AvgIpc) is 2.23. The summed E-state index contributed by atoms with van der Waals surface area (Å²) in [7, 11) is 1.61. The molecule has 1 N–H and O–H groups in total. The topological polar surface area (TPSA) is 49.4 Å². The van der Waals surface area contributed by atoms with E-state index in [0.29, 0.717) is 10.6 Å². The molecule has 0 unspecified atom stereocenters. The van der Waals surface area contributed by atoms with Gasteiger partial charge in [-0.25, -0.2) is 0 Å². The highest BCUT2D eigenvalue weighted by Gasteiger charge is 2.31. The molecule has 4 nitrogen and oxygen atoms in total. The van der Waals surface area contributed by atoms with E-state index >= 15 is 0 Å². The molecule has 5 heteroatoms. The van der Waals surface area contributed by atoms with Crippen molar-refractivity contribution >= 4 is 23.4 Å². The maximum absolute atomic E-state index is 11.9. The molecule has 1 aliphatic rings. The molecule has 1 aromatic carbocycles. The van der Waals surface area contributed by atoms with Crippen LogP contribution in [0.3, 0.4) is 0 Å². The van der Waals surface area contributed by atoms with Gasteiger partial charge in [0.15, 0.2) is 0 Å². The number of benzene rings is 1. The number of rotatable bonds is 1. The quantitative estimate of drug-likeness (QED) is 0.793. The molecule has 0 bridgehead atoms. The summed E-state index contributed by atoms with van der Waals surface area (Å²) in [5, 5.41) is 3.20. The second-order valence-corrected chi connectivity index (χ2v) is 4.19. The van der Waals surface area contributed by atoms with E-state index in [0.717, 1.165) is 0 Å². The van der Waals surface area contributed by atoms with Crippen molar-refractivity contribution in [2.45, 2.75) is 6.04 Å². The molecule has 1 aromatic rings. The largest absolute Gasteiger partial charge is 0.339 e. The summed E-state index contributed by atoms with van der Waals surface area (Å²) in [6.45, 7) is 0.107. The van der Waals surface area contributed by atoms with E-state index < -0.39 is 6.04 Å². The van der Waals surface area contributed by atoms with Crippen molar-refractivity contribution in [3.63, 3.8) is 0 Å². The second kappa shape index (κ2) is 4.14. The van der Waals surface area contributed by atoms with Crippen LogP contribution in [0.4, 0.5) is 0 Å². The van der Waals surface area contributed by atoms with Crippen LogP contribution in [-0.4, -0.2) is 30.3 Å². The van der Waals surface area contributed by atoms with Crippen LogP contribution in [0.1, 0.15) is 11.6 Å². The van der Waals surface area contributed by atoms with Gasteiger partial charge in [0.1, 0.15) is 6.04 Å². The summed E-state index contributed by atoms with van der Waals surface area (Å²) in [6.07, 6.45) is 0. The molecule has 0 saturated carbocycles. The van der Waals surface area contributed by atoms with E-state index in [1.165, 1.54) is 4.90 Å². The molecule has 1 fully saturated rings. The summed E-state index contributed by atoms with van der Waals surface area (Å²) in [6, 6.07) is 6.32. The first-order chi connectivity index (χ1) is 7.58. The van der Waals surface area contributed by atoms with Gasteiger partial charge in [0.05, 0.1) is 6.54 Å². The van der Waals surface area contributed by atoms with Gasteiger partial charge in [-0.05, 0) is 17.7 Å². The van der Waals surface area contributed by atoms with Crippen LogP contribution in [-0.2, 0) is 9.59 Å². The highest BCUT2D eigenvalue weighted by Crippen LogP contribution is 2.21. The fraction of sp³-hybridized carbons (Fsp3) is 0.273. The average molecular weight is 239 g/mol. The number of nitrogens with one attached hydrogen (secondary N) is 1. The number of nitrogens with zero attached hydrogens (tertiary/aromatic N) is 1. The zero-order valence-corrected chi connectivity index (χ0v) is 9.49. The van der Waals surface area contributed by atoms with E-state index in [1.807, 2.05) is 0 Å². The van der Waals surface area contributed by atoms with Crippen molar-refractivity contribution in [3.05, 3.63) is 34.9 Å². The Bertz CT molecular complexity index is 447. The van der Waals surface area contributed by atoms with Crippen LogP contribution in [0.5, 0.6) is 0 Å². The molecule has 2 amide bonds. The molecule has 1 aliphatic heterocycles. The van der Waals surface area contributed by atoms with Crippen LogP contribution in [0.25, 0.3) is 0 Å². The number of piperazine rings is 1. The Kier molecular flexibility index (Phi) is 2.83. The van der Waals surface area contributed by atoms with Gasteiger partial charge < -0.3 is 10.2 Å². The van der Waals surface area contributed by atoms with Crippen molar-refractivity contribution in [2.75, 3.05) is 13.6 Å². The fourth-order valence-corrected chi connectivity index (χ4v) is 1.89. The third-order valence-corrected chi connectivity index (χ3v) is 2.73. The number of amides is 2. The first kappa shape index (κ1) is 11.0. The number of halogens is 1. The zero-order chi connectivity index (χ0) is 11.7. The van der Waals surface area contributed by atoms with E-state index in [4.69, 9.17) is 11.6 Å². The molecule has 1 saturated heterocycles. The van der Waals surface area contributed by atoms with Gasteiger partial charge >= 0.3 is 0 Å². The molecule has 84 valence electrons. The molecule has 0 aliphatic carbocycles. The maximum Gasteiger partial charge on any atom is 0.250 e. The Balaban J connectivity index is 2.32. The van der Waals surface area contributed by atoms with Gasteiger partial charge in [0.2, 0.25) is 11.8 Å². The van der Waals surface area contributed by atoms with E-state index in [9.17, 15) is 9.59 Å². The summed E-state index contributed by atoms with van der Waals surface area (Å²) in [5.41, 5.74) is 0.706. The smallest absolute Gasteiger partial charge is 0.250 e. The van der Waals surface area contributed by atoms with Crippen LogP contribution >= 0.6 is 11.6 Å². The van der Waals surface area contributed by atoms with E-state index in [2.05, 4.69) is 5.32 Å². The third kappa shape index (κ3) is 2.02. The summed E-state index contributed by atoms with van der Waals surface area (Å²) in [4.78, 5) is 24.6. The van der Waals surface area contributed by atoms with Gasteiger partial charge in [-0.1, -0.05) is 23.7 Å². The molecule has 16 heavy (non-hydrogen) atoms. The lowest BCUT2D eigenvalue weighted by Gasteiger charge is -2.29. The number of hydrogen-bond acceptors (Lipinski definition) is 2. The fourth-order valence-electron chi connectivity index (χ4n) is 1.69. The van der Waals surface area contributed by atoms with Crippen molar-refractivity contribution in [2.24, 2.45) is 0 Å². The van der Waals surface area contributed by atoms with Crippen LogP contribution in [0.2, 0.25) is 5.02 Å². The van der Waals surface area contributed by atoms with Gasteiger partial charge in [-0.3, -0.25) is 9.59 Å². The maximum atomic E-state index is 11.9. The second-order valence-electron chi connectivity index (χ2n) is 3.75. The molecular formula is C11H11ClN2O2. The standard InChI is InChI=1S/C11H11ClN2O2/c1-14-6-9(15)13-10(11(14)16)7-3-2-4-8(12)5-7/h2-5,10H,6H2,1H3,(H,13,15)/t10-/m0/s1. The van der Waals surface area contributed by atoms with Gasteiger partial charge in [0.25, 0.3) is 0 Å². The van der Waals surface area contributed by atoms with Crippen molar-refractivity contribution in [3.8, 4) is 0 Å². The first-order valence-electron chi connectivity index (χ1n) is 4.88. The van der Waals surface area contributed by atoms with Crippen LogP contribution in [0.15, 0.2) is 24.3 Å².